The average molecular weight is 302 g/mol. The highest BCUT2D eigenvalue weighted by Crippen LogP contribution is 2.23. The van der Waals surface area contributed by atoms with Gasteiger partial charge in [-0.25, -0.2) is 4.98 Å². The summed E-state index contributed by atoms with van der Waals surface area (Å²) in [5, 5.41) is 0.686. The van der Waals surface area contributed by atoms with E-state index in [-0.39, 0.29) is 12.4 Å². The van der Waals surface area contributed by atoms with E-state index in [1.165, 1.54) is 0 Å². The number of hydrogen-bond donors (Lipinski definition) is 1. The molecular formula is C13H17Cl2N3O. The highest BCUT2D eigenvalue weighted by atomic mass is 35.5. The Morgan fingerprint density at radius 1 is 1.42 bits per heavy atom. The molecule has 19 heavy (non-hydrogen) atoms. The van der Waals surface area contributed by atoms with Crippen molar-refractivity contribution >= 4 is 24.0 Å². The van der Waals surface area contributed by atoms with Crippen molar-refractivity contribution in [3.05, 3.63) is 41.4 Å². The minimum Gasteiger partial charge on any atom is -0.439 e. The molecule has 2 aromatic rings. The molecular weight excluding hydrogens is 285 g/mol. The van der Waals surface area contributed by atoms with Crippen LogP contribution in [-0.2, 0) is 6.54 Å². The Labute approximate surface area is 124 Å². The van der Waals surface area contributed by atoms with Crippen LogP contribution in [0, 0.1) is 0 Å². The molecule has 0 saturated heterocycles. The standard InChI is InChI=1S/C13H16ClN3O.ClH/c1-17(6-5-15)9-13-16-8-12(18-13)10-3-2-4-11(14)7-10;/h2-4,7-8H,5-6,9,15H2,1H3;1H. The van der Waals surface area contributed by atoms with Crippen LogP contribution >= 0.6 is 24.0 Å². The molecule has 4 nitrogen and oxygen atoms in total. The SMILES string of the molecule is CN(CCN)Cc1ncc(-c2cccc(Cl)c2)o1.Cl. The van der Waals surface area contributed by atoms with Crippen LogP contribution in [0.3, 0.4) is 0 Å². The fourth-order valence-corrected chi connectivity index (χ4v) is 1.88. The maximum absolute atomic E-state index is 5.94. The number of benzene rings is 1. The Balaban J connectivity index is 0.00000180. The third-order valence-corrected chi connectivity index (χ3v) is 2.81. The number of nitrogens with zero attached hydrogens (tertiary/aromatic N) is 2. The Kier molecular flexibility index (Phi) is 6.31. The Hall–Kier alpha value is -1.07. The second kappa shape index (κ2) is 7.50. The molecule has 0 radical (unpaired) electrons. The van der Waals surface area contributed by atoms with Crippen LogP contribution in [0.2, 0.25) is 5.02 Å². The maximum atomic E-state index is 5.94. The van der Waals surface area contributed by atoms with Crippen molar-refractivity contribution in [2.45, 2.75) is 6.54 Å². The average Bonchev–Trinajstić information content (AvgIpc) is 2.78. The Morgan fingerprint density at radius 2 is 2.21 bits per heavy atom. The second-order valence-corrected chi connectivity index (χ2v) is 4.59. The van der Waals surface area contributed by atoms with Crippen molar-refractivity contribution in [2.24, 2.45) is 5.73 Å². The number of oxazole rings is 1. The van der Waals surface area contributed by atoms with Crippen molar-refractivity contribution in [3.8, 4) is 11.3 Å². The number of halogens is 2. The maximum Gasteiger partial charge on any atom is 0.209 e. The summed E-state index contributed by atoms with van der Waals surface area (Å²) in [5.41, 5.74) is 6.42. The molecule has 104 valence electrons. The van der Waals surface area contributed by atoms with Gasteiger partial charge >= 0.3 is 0 Å². The minimum absolute atomic E-state index is 0. The van der Waals surface area contributed by atoms with E-state index in [2.05, 4.69) is 9.88 Å². The first-order chi connectivity index (χ1) is 8.69. The van der Waals surface area contributed by atoms with Crippen LogP contribution in [0.4, 0.5) is 0 Å². The number of aromatic nitrogens is 1. The molecule has 0 atom stereocenters. The largest absolute Gasteiger partial charge is 0.439 e. The van der Waals surface area contributed by atoms with Gasteiger partial charge in [-0.3, -0.25) is 4.90 Å². The van der Waals surface area contributed by atoms with Crippen LogP contribution < -0.4 is 5.73 Å². The molecule has 0 aliphatic rings. The van der Waals surface area contributed by atoms with Gasteiger partial charge in [0, 0.05) is 23.7 Å². The molecule has 1 aromatic heterocycles. The quantitative estimate of drug-likeness (QED) is 0.922. The van der Waals surface area contributed by atoms with Crippen LogP contribution in [0.15, 0.2) is 34.9 Å². The lowest BCUT2D eigenvalue weighted by molar-refractivity contribution is 0.297. The topological polar surface area (TPSA) is 55.3 Å². The van der Waals surface area contributed by atoms with Gasteiger partial charge in [0.2, 0.25) is 5.89 Å². The van der Waals surface area contributed by atoms with E-state index in [0.717, 1.165) is 17.9 Å². The smallest absolute Gasteiger partial charge is 0.209 e. The summed E-state index contributed by atoms with van der Waals surface area (Å²) in [6.45, 7) is 2.09. The number of likely N-dealkylation sites (N-methyl/N-ethyl adjacent to an activating group) is 1. The van der Waals surface area contributed by atoms with E-state index < -0.39 is 0 Å². The highest BCUT2D eigenvalue weighted by Gasteiger charge is 2.08. The lowest BCUT2D eigenvalue weighted by Gasteiger charge is -2.11. The van der Waals surface area contributed by atoms with Gasteiger partial charge in [0.15, 0.2) is 5.76 Å². The van der Waals surface area contributed by atoms with E-state index in [9.17, 15) is 0 Å². The zero-order valence-electron chi connectivity index (χ0n) is 10.7. The van der Waals surface area contributed by atoms with E-state index in [1.807, 2.05) is 31.3 Å². The minimum atomic E-state index is 0. The van der Waals surface area contributed by atoms with Gasteiger partial charge in [-0.1, -0.05) is 23.7 Å². The molecule has 1 heterocycles. The van der Waals surface area contributed by atoms with Gasteiger partial charge in [-0.15, -0.1) is 12.4 Å². The van der Waals surface area contributed by atoms with Crippen molar-refractivity contribution in [1.29, 1.82) is 0 Å². The molecule has 0 fully saturated rings. The zero-order valence-corrected chi connectivity index (χ0v) is 12.2. The molecule has 1 aromatic carbocycles. The molecule has 2 N–H and O–H groups in total. The normalized spacial score (nSPS) is 10.5. The molecule has 0 bridgehead atoms. The molecule has 2 rings (SSSR count). The fraction of sp³-hybridized carbons (Fsp3) is 0.308. The van der Waals surface area contributed by atoms with E-state index >= 15 is 0 Å². The van der Waals surface area contributed by atoms with Gasteiger partial charge in [0.25, 0.3) is 0 Å². The molecule has 0 unspecified atom stereocenters. The summed E-state index contributed by atoms with van der Waals surface area (Å²) in [6, 6.07) is 7.52. The van der Waals surface area contributed by atoms with Gasteiger partial charge in [0.05, 0.1) is 12.7 Å². The molecule has 0 saturated carbocycles. The number of hydrogen-bond acceptors (Lipinski definition) is 4. The highest BCUT2D eigenvalue weighted by molar-refractivity contribution is 6.30. The molecule has 0 amide bonds. The van der Waals surface area contributed by atoms with Crippen LogP contribution in [-0.4, -0.2) is 30.0 Å². The number of nitrogens with two attached hydrogens (primary N) is 1. The first-order valence-electron chi connectivity index (χ1n) is 5.78. The summed E-state index contributed by atoms with van der Waals surface area (Å²) in [5.74, 6) is 1.41. The number of rotatable bonds is 5. The third kappa shape index (κ3) is 4.51. The Bertz CT molecular complexity index is 516. The van der Waals surface area contributed by atoms with Gasteiger partial charge in [0.1, 0.15) is 0 Å². The van der Waals surface area contributed by atoms with Gasteiger partial charge < -0.3 is 10.2 Å². The van der Waals surface area contributed by atoms with Crippen LogP contribution in [0.25, 0.3) is 11.3 Å². The molecule has 6 heteroatoms. The molecule has 0 spiro atoms. The molecule has 0 aliphatic heterocycles. The van der Waals surface area contributed by atoms with E-state index in [4.69, 9.17) is 21.8 Å². The zero-order chi connectivity index (χ0) is 13.0. The predicted molar refractivity (Wildman–Crippen MR) is 79.6 cm³/mol. The van der Waals surface area contributed by atoms with Crippen molar-refractivity contribution in [3.63, 3.8) is 0 Å². The fourth-order valence-electron chi connectivity index (χ4n) is 1.69. The van der Waals surface area contributed by atoms with Crippen LogP contribution in [0.5, 0.6) is 0 Å². The summed E-state index contributed by atoms with van der Waals surface area (Å²) < 4.78 is 5.69. The van der Waals surface area contributed by atoms with Crippen LogP contribution in [0.1, 0.15) is 5.89 Å². The molecule has 0 aliphatic carbocycles. The predicted octanol–water partition coefficient (Wildman–Crippen LogP) is 2.81. The van der Waals surface area contributed by atoms with Crippen molar-refractivity contribution < 1.29 is 4.42 Å². The first-order valence-corrected chi connectivity index (χ1v) is 6.16. The van der Waals surface area contributed by atoms with Crippen molar-refractivity contribution in [1.82, 2.24) is 9.88 Å². The third-order valence-electron chi connectivity index (χ3n) is 2.58. The van der Waals surface area contributed by atoms with E-state index in [0.29, 0.717) is 24.0 Å². The summed E-state index contributed by atoms with van der Waals surface area (Å²) in [6.07, 6.45) is 1.72. The second-order valence-electron chi connectivity index (χ2n) is 4.16. The Morgan fingerprint density at radius 3 is 2.89 bits per heavy atom. The summed E-state index contributed by atoms with van der Waals surface area (Å²) in [7, 11) is 1.98. The first kappa shape index (κ1) is 16.0. The summed E-state index contributed by atoms with van der Waals surface area (Å²) in [4.78, 5) is 6.32. The van der Waals surface area contributed by atoms with Gasteiger partial charge in [-0.05, 0) is 19.2 Å². The summed E-state index contributed by atoms with van der Waals surface area (Å²) >= 11 is 5.94. The monoisotopic (exact) mass is 301 g/mol. The van der Waals surface area contributed by atoms with Crippen molar-refractivity contribution in [2.75, 3.05) is 20.1 Å². The van der Waals surface area contributed by atoms with E-state index in [1.54, 1.807) is 6.20 Å². The lowest BCUT2D eigenvalue weighted by Crippen LogP contribution is -2.25. The van der Waals surface area contributed by atoms with Gasteiger partial charge in [-0.2, -0.15) is 0 Å². The lowest BCUT2D eigenvalue weighted by atomic mass is 10.2.